The standard InChI is InChI=1S/C14H19FN2O/c1-18-12-4-5-13(15)14(8-12)17-7-6-11(9-17)16-10-2-3-10/h4-5,8,10-11,16H,2-3,6-7,9H2,1H3. The molecule has 1 atom stereocenters. The maximum atomic E-state index is 13.8. The van der Waals surface area contributed by atoms with Crippen molar-refractivity contribution in [2.45, 2.75) is 31.3 Å². The molecule has 3 rings (SSSR count). The van der Waals surface area contributed by atoms with Crippen molar-refractivity contribution >= 4 is 5.69 Å². The van der Waals surface area contributed by atoms with E-state index in [-0.39, 0.29) is 5.82 Å². The Morgan fingerprint density at radius 2 is 2.11 bits per heavy atom. The van der Waals surface area contributed by atoms with Gasteiger partial charge in [-0.05, 0) is 31.4 Å². The summed E-state index contributed by atoms with van der Waals surface area (Å²) in [7, 11) is 1.61. The van der Waals surface area contributed by atoms with Gasteiger partial charge in [-0.25, -0.2) is 4.39 Å². The third-order valence-corrected chi connectivity index (χ3v) is 3.73. The topological polar surface area (TPSA) is 24.5 Å². The Kier molecular flexibility index (Phi) is 3.12. The number of anilines is 1. The molecule has 1 heterocycles. The van der Waals surface area contributed by atoms with Crippen LogP contribution in [0.4, 0.5) is 10.1 Å². The number of hydrogen-bond acceptors (Lipinski definition) is 3. The molecule has 0 bridgehead atoms. The number of hydrogen-bond donors (Lipinski definition) is 1. The van der Waals surface area contributed by atoms with Gasteiger partial charge >= 0.3 is 0 Å². The first-order valence-electron chi connectivity index (χ1n) is 6.61. The van der Waals surface area contributed by atoms with Crippen LogP contribution in [0, 0.1) is 5.82 Å². The molecule has 98 valence electrons. The van der Waals surface area contributed by atoms with Crippen molar-refractivity contribution in [3.8, 4) is 5.75 Å². The molecule has 1 saturated carbocycles. The molecule has 4 heteroatoms. The van der Waals surface area contributed by atoms with Crippen molar-refractivity contribution < 1.29 is 9.13 Å². The van der Waals surface area contributed by atoms with Crippen LogP contribution in [0.2, 0.25) is 0 Å². The quantitative estimate of drug-likeness (QED) is 0.886. The predicted octanol–water partition coefficient (Wildman–Crippen LogP) is 2.17. The summed E-state index contributed by atoms with van der Waals surface area (Å²) in [5.41, 5.74) is 0.662. The lowest BCUT2D eigenvalue weighted by molar-refractivity contribution is 0.413. The van der Waals surface area contributed by atoms with Gasteiger partial charge in [0.05, 0.1) is 12.8 Å². The Morgan fingerprint density at radius 1 is 1.28 bits per heavy atom. The molecular formula is C14H19FN2O. The Morgan fingerprint density at radius 3 is 2.83 bits per heavy atom. The number of halogens is 1. The lowest BCUT2D eigenvalue weighted by atomic mass is 10.2. The zero-order chi connectivity index (χ0) is 12.5. The predicted molar refractivity (Wildman–Crippen MR) is 69.7 cm³/mol. The minimum atomic E-state index is -0.164. The van der Waals surface area contributed by atoms with Crippen LogP contribution in [-0.4, -0.2) is 32.3 Å². The smallest absolute Gasteiger partial charge is 0.146 e. The second-order valence-corrected chi connectivity index (χ2v) is 5.19. The molecule has 1 unspecified atom stereocenters. The summed E-state index contributed by atoms with van der Waals surface area (Å²) in [5, 5.41) is 3.61. The van der Waals surface area contributed by atoms with E-state index in [1.165, 1.54) is 18.9 Å². The van der Waals surface area contributed by atoms with Crippen LogP contribution in [0.3, 0.4) is 0 Å². The van der Waals surface area contributed by atoms with E-state index >= 15 is 0 Å². The lowest BCUT2D eigenvalue weighted by Gasteiger charge is -2.20. The molecule has 1 N–H and O–H groups in total. The molecule has 0 radical (unpaired) electrons. The van der Waals surface area contributed by atoms with E-state index in [2.05, 4.69) is 10.2 Å². The lowest BCUT2D eigenvalue weighted by Crippen LogP contribution is -2.34. The van der Waals surface area contributed by atoms with Crippen molar-refractivity contribution in [3.05, 3.63) is 24.0 Å². The fourth-order valence-corrected chi connectivity index (χ4v) is 2.56. The molecule has 1 aromatic rings. The highest BCUT2D eigenvalue weighted by Crippen LogP contribution is 2.29. The molecule has 2 aliphatic rings. The molecule has 0 amide bonds. The summed E-state index contributed by atoms with van der Waals surface area (Å²) >= 11 is 0. The molecule has 1 aliphatic heterocycles. The van der Waals surface area contributed by atoms with E-state index in [0.29, 0.717) is 23.5 Å². The SMILES string of the molecule is COc1ccc(F)c(N2CCC(NC3CC3)C2)c1. The van der Waals surface area contributed by atoms with Crippen molar-refractivity contribution in [1.82, 2.24) is 5.32 Å². The molecule has 1 aromatic carbocycles. The zero-order valence-electron chi connectivity index (χ0n) is 10.7. The Labute approximate surface area is 107 Å². The Balaban J connectivity index is 1.70. The summed E-state index contributed by atoms with van der Waals surface area (Å²) in [4.78, 5) is 2.11. The maximum Gasteiger partial charge on any atom is 0.146 e. The van der Waals surface area contributed by atoms with E-state index in [0.717, 1.165) is 19.5 Å². The van der Waals surface area contributed by atoms with Crippen molar-refractivity contribution in [2.24, 2.45) is 0 Å². The van der Waals surface area contributed by atoms with Gasteiger partial charge in [0.1, 0.15) is 11.6 Å². The highest BCUT2D eigenvalue weighted by molar-refractivity contribution is 5.53. The molecule has 3 nitrogen and oxygen atoms in total. The number of benzene rings is 1. The minimum Gasteiger partial charge on any atom is -0.497 e. The van der Waals surface area contributed by atoms with Crippen LogP contribution >= 0.6 is 0 Å². The van der Waals surface area contributed by atoms with E-state index in [1.807, 2.05) is 0 Å². The highest BCUT2D eigenvalue weighted by Gasteiger charge is 2.30. The van der Waals surface area contributed by atoms with Crippen molar-refractivity contribution in [1.29, 1.82) is 0 Å². The third kappa shape index (κ3) is 2.43. The second-order valence-electron chi connectivity index (χ2n) is 5.19. The Hall–Kier alpha value is -1.29. The van der Waals surface area contributed by atoms with Gasteiger partial charge in [0, 0.05) is 31.2 Å². The zero-order valence-corrected chi connectivity index (χ0v) is 10.7. The molecule has 0 aromatic heterocycles. The monoisotopic (exact) mass is 250 g/mol. The number of rotatable bonds is 4. The largest absolute Gasteiger partial charge is 0.497 e. The first-order chi connectivity index (χ1) is 8.76. The van der Waals surface area contributed by atoms with Gasteiger partial charge in [-0.3, -0.25) is 0 Å². The highest BCUT2D eigenvalue weighted by atomic mass is 19.1. The van der Waals surface area contributed by atoms with Crippen LogP contribution in [0.5, 0.6) is 5.75 Å². The van der Waals surface area contributed by atoms with Gasteiger partial charge in [0.2, 0.25) is 0 Å². The minimum absolute atomic E-state index is 0.164. The summed E-state index contributed by atoms with van der Waals surface area (Å²) < 4.78 is 19.0. The average molecular weight is 250 g/mol. The van der Waals surface area contributed by atoms with E-state index in [1.54, 1.807) is 19.2 Å². The van der Waals surface area contributed by atoms with Gasteiger partial charge in [-0.15, -0.1) is 0 Å². The number of nitrogens with one attached hydrogen (secondary N) is 1. The third-order valence-electron chi connectivity index (χ3n) is 3.73. The van der Waals surface area contributed by atoms with Gasteiger partial charge in [-0.2, -0.15) is 0 Å². The van der Waals surface area contributed by atoms with Crippen LogP contribution in [0.15, 0.2) is 18.2 Å². The van der Waals surface area contributed by atoms with Crippen molar-refractivity contribution in [2.75, 3.05) is 25.1 Å². The second kappa shape index (κ2) is 4.76. The number of nitrogens with zero attached hydrogens (tertiary/aromatic N) is 1. The first kappa shape index (κ1) is 11.8. The fourth-order valence-electron chi connectivity index (χ4n) is 2.56. The summed E-state index contributed by atoms with van der Waals surface area (Å²) in [5.74, 6) is 0.549. The molecule has 2 fully saturated rings. The van der Waals surface area contributed by atoms with Gasteiger partial charge in [0.15, 0.2) is 0 Å². The van der Waals surface area contributed by atoms with Gasteiger partial charge in [-0.1, -0.05) is 0 Å². The van der Waals surface area contributed by atoms with E-state index < -0.39 is 0 Å². The molecule has 1 aliphatic carbocycles. The molecule has 18 heavy (non-hydrogen) atoms. The maximum absolute atomic E-state index is 13.8. The number of methoxy groups -OCH3 is 1. The van der Waals surface area contributed by atoms with Crippen LogP contribution < -0.4 is 15.0 Å². The number of ether oxygens (including phenoxy) is 1. The van der Waals surface area contributed by atoms with Crippen LogP contribution in [0.1, 0.15) is 19.3 Å². The van der Waals surface area contributed by atoms with Gasteiger partial charge < -0.3 is 15.0 Å². The van der Waals surface area contributed by atoms with Gasteiger partial charge in [0.25, 0.3) is 0 Å². The molecule has 0 spiro atoms. The Bertz CT molecular complexity index is 434. The van der Waals surface area contributed by atoms with E-state index in [4.69, 9.17) is 4.74 Å². The summed E-state index contributed by atoms with van der Waals surface area (Å²) in [6.45, 7) is 1.80. The van der Waals surface area contributed by atoms with Crippen LogP contribution in [-0.2, 0) is 0 Å². The molecule has 1 saturated heterocycles. The van der Waals surface area contributed by atoms with Crippen molar-refractivity contribution in [3.63, 3.8) is 0 Å². The summed E-state index contributed by atoms with van der Waals surface area (Å²) in [6, 6.07) is 6.15. The normalized spacial score (nSPS) is 23.4. The average Bonchev–Trinajstić information content (AvgIpc) is 3.07. The van der Waals surface area contributed by atoms with E-state index in [9.17, 15) is 4.39 Å². The first-order valence-corrected chi connectivity index (χ1v) is 6.61. The fraction of sp³-hybridized carbons (Fsp3) is 0.571. The molecular weight excluding hydrogens is 231 g/mol. The summed E-state index contributed by atoms with van der Waals surface area (Å²) in [6.07, 6.45) is 3.68. The van der Waals surface area contributed by atoms with Crippen LogP contribution in [0.25, 0.3) is 0 Å².